The Bertz CT molecular complexity index is 719. The summed E-state index contributed by atoms with van der Waals surface area (Å²) < 4.78 is 0. The van der Waals surface area contributed by atoms with Crippen molar-refractivity contribution < 1.29 is 4.79 Å². The molecule has 1 aromatic carbocycles. The van der Waals surface area contributed by atoms with E-state index in [0.717, 1.165) is 16.3 Å². The number of aryl methyl sites for hydroxylation is 2. The molecule has 0 radical (unpaired) electrons. The van der Waals surface area contributed by atoms with Crippen molar-refractivity contribution in [1.29, 1.82) is 0 Å². The summed E-state index contributed by atoms with van der Waals surface area (Å²) in [6.45, 7) is 5.31. The van der Waals surface area contributed by atoms with E-state index in [1.54, 1.807) is 31.5 Å². The Morgan fingerprint density at radius 2 is 2.00 bits per heavy atom. The van der Waals surface area contributed by atoms with E-state index in [-0.39, 0.29) is 5.91 Å². The summed E-state index contributed by atoms with van der Waals surface area (Å²) in [7, 11) is 3.36. The summed E-state index contributed by atoms with van der Waals surface area (Å²) in [4.78, 5) is 21.6. The minimum Gasteiger partial charge on any atom is -0.355 e. The predicted molar refractivity (Wildman–Crippen MR) is 98.5 cm³/mol. The summed E-state index contributed by atoms with van der Waals surface area (Å²) in [5.41, 5.74) is 2.74. The number of nitrogens with zero attached hydrogens (tertiary/aromatic N) is 2. The van der Waals surface area contributed by atoms with E-state index in [2.05, 4.69) is 32.9 Å². The van der Waals surface area contributed by atoms with Crippen LogP contribution in [0, 0.1) is 13.8 Å². The molecule has 0 atom stereocenters. The number of carbonyl (C=O) groups excluding carboxylic acids is 1. The SMILES string of the molecule is CN=C(NCc1cccc(C(=O)NC)c1)NCc1nc(C)c(C)s1. The second kappa shape index (κ2) is 8.44. The molecule has 0 spiro atoms. The van der Waals surface area contributed by atoms with E-state index in [9.17, 15) is 4.79 Å². The maximum Gasteiger partial charge on any atom is 0.251 e. The molecule has 0 unspecified atom stereocenters. The summed E-state index contributed by atoms with van der Waals surface area (Å²) in [5.74, 6) is 0.611. The van der Waals surface area contributed by atoms with Crippen molar-refractivity contribution in [2.75, 3.05) is 14.1 Å². The lowest BCUT2D eigenvalue weighted by atomic mass is 10.1. The normalized spacial score (nSPS) is 11.2. The number of amides is 1. The van der Waals surface area contributed by atoms with Crippen molar-refractivity contribution in [1.82, 2.24) is 20.9 Å². The zero-order chi connectivity index (χ0) is 17.5. The summed E-state index contributed by atoms with van der Waals surface area (Å²) in [6.07, 6.45) is 0. The van der Waals surface area contributed by atoms with Crippen molar-refractivity contribution in [3.05, 3.63) is 51.0 Å². The number of aliphatic imine (C=N–C) groups is 1. The third kappa shape index (κ3) is 4.79. The molecule has 24 heavy (non-hydrogen) atoms. The highest BCUT2D eigenvalue weighted by molar-refractivity contribution is 7.11. The molecule has 128 valence electrons. The number of thiazole rings is 1. The van der Waals surface area contributed by atoms with Gasteiger partial charge in [0.25, 0.3) is 5.91 Å². The fraction of sp³-hybridized carbons (Fsp3) is 0.353. The van der Waals surface area contributed by atoms with Crippen molar-refractivity contribution in [2.24, 2.45) is 4.99 Å². The van der Waals surface area contributed by atoms with Gasteiger partial charge in [-0.3, -0.25) is 9.79 Å². The summed E-state index contributed by atoms with van der Waals surface area (Å²) in [5, 5.41) is 10.2. The zero-order valence-corrected chi connectivity index (χ0v) is 15.3. The fourth-order valence-corrected chi connectivity index (χ4v) is 3.02. The van der Waals surface area contributed by atoms with Gasteiger partial charge in [-0.1, -0.05) is 12.1 Å². The standard InChI is InChI=1S/C17H23N5OS/c1-11-12(2)24-15(22-11)10-21-17(19-4)20-9-13-6-5-7-14(8-13)16(23)18-3/h5-8H,9-10H2,1-4H3,(H,18,23)(H2,19,20,21). The molecule has 2 rings (SSSR count). The molecule has 0 aliphatic rings. The van der Waals surface area contributed by atoms with E-state index in [1.165, 1.54) is 4.88 Å². The van der Waals surface area contributed by atoms with Gasteiger partial charge in [0.05, 0.1) is 12.2 Å². The van der Waals surface area contributed by atoms with Gasteiger partial charge in [0.2, 0.25) is 0 Å². The minimum absolute atomic E-state index is 0.0890. The van der Waals surface area contributed by atoms with Crippen LogP contribution in [-0.2, 0) is 13.1 Å². The van der Waals surface area contributed by atoms with Gasteiger partial charge >= 0.3 is 0 Å². The largest absolute Gasteiger partial charge is 0.355 e. The average molecular weight is 345 g/mol. The van der Waals surface area contributed by atoms with E-state index in [0.29, 0.717) is 24.6 Å². The van der Waals surface area contributed by atoms with Crippen molar-refractivity contribution in [3.63, 3.8) is 0 Å². The maximum atomic E-state index is 11.7. The third-order valence-corrected chi connectivity index (χ3v) is 4.65. The van der Waals surface area contributed by atoms with Crippen LogP contribution in [0.4, 0.5) is 0 Å². The lowest BCUT2D eigenvalue weighted by Gasteiger charge is -2.11. The van der Waals surface area contributed by atoms with Crippen LogP contribution in [0.3, 0.4) is 0 Å². The van der Waals surface area contributed by atoms with Crippen molar-refractivity contribution in [2.45, 2.75) is 26.9 Å². The molecule has 0 saturated heterocycles. The monoisotopic (exact) mass is 345 g/mol. The molecule has 1 amide bonds. The van der Waals surface area contributed by atoms with Gasteiger partial charge in [0.1, 0.15) is 5.01 Å². The van der Waals surface area contributed by atoms with E-state index in [4.69, 9.17) is 0 Å². The predicted octanol–water partition coefficient (Wildman–Crippen LogP) is 1.98. The molecular formula is C17H23N5OS. The van der Waals surface area contributed by atoms with Crippen LogP contribution in [0.5, 0.6) is 0 Å². The highest BCUT2D eigenvalue weighted by atomic mass is 32.1. The van der Waals surface area contributed by atoms with E-state index < -0.39 is 0 Å². The second-order valence-corrected chi connectivity index (χ2v) is 6.60. The highest BCUT2D eigenvalue weighted by Crippen LogP contribution is 2.15. The summed E-state index contributed by atoms with van der Waals surface area (Å²) in [6, 6.07) is 7.51. The molecule has 0 aliphatic heterocycles. The smallest absolute Gasteiger partial charge is 0.251 e. The van der Waals surface area contributed by atoms with Gasteiger partial charge in [-0.25, -0.2) is 4.98 Å². The minimum atomic E-state index is -0.0890. The van der Waals surface area contributed by atoms with Crippen LogP contribution in [0.1, 0.15) is 31.5 Å². The van der Waals surface area contributed by atoms with Crippen LogP contribution >= 0.6 is 11.3 Å². The van der Waals surface area contributed by atoms with E-state index >= 15 is 0 Å². The van der Waals surface area contributed by atoms with Crippen LogP contribution in [0.2, 0.25) is 0 Å². The van der Waals surface area contributed by atoms with Crippen LogP contribution < -0.4 is 16.0 Å². The van der Waals surface area contributed by atoms with Gasteiger partial charge in [0.15, 0.2) is 5.96 Å². The van der Waals surface area contributed by atoms with Crippen LogP contribution in [-0.4, -0.2) is 30.9 Å². The molecule has 0 saturated carbocycles. The third-order valence-electron chi connectivity index (χ3n) is 3.58. The zero-order valence-electron chi connectivity index (χ0n) is 14.4. The Hall–Kier alpha value is -2.41. The fourth-order valence-electron chi connectivity index (χ4n) is 2.15. The Morgan fingerprint density at radius 3 is 2.62 bits per heavy atom. The number of benzene rings is 1. The number of hydrogen-bond donors (Lipinski definition) is 3. The average Bonchev–Trinajstić information content (AvgIpc) is 2.92. The Labute approximate surface area is 146 Å². The summed E-state index contributed by atoms with van der Waals surface area (Å²) >= 11 is 1.69. The van der Waals surface area contributed by atoms with E-state index in [1.807, 2.05) is 25.1 Å². The highest BCUT2D eigenvalue weighted by Gasteiger charge is 2.06. The lowest BCUT2D eigenvalue weighted by molar-refractivity contribution is 0.0963. The Morgan fingerprint density at radius 1 is 1.25 bits per heavy atom. The van der Waals surface area contributed by atoms with Gasteiger partial charge in [-0.15, -0.1) is 11.3 Å². The number of guanidine groups is 1. The molecule has 0 bridgehead atoms. The first-order valence-electron chi connectivity index (χ1n) is 7.72. The molecule has 0 aliphatic carbocycles. The Balaban J connectivity index is 1.90. The second-order valence-electron chi connectivity index (χ2n) is 5.31. The molecule has 7 heteroatoms. The van der Waals surface area contributed by atoms with Crippen molar-refractivity contribution in [3.8, 4) is 0 Å². The quantitative estimate of drug-likeness (QED) is 0.572. The first-order valence-corrected chi connectivity index (χ1v) is 8.53. The molecule has 1 heterocycles. The number of hydrogen-bond acceptors (Lipinski definition) is 4. The molecule has 6 nitrogen and oxygen atoms in total. The first kappa shape index (κ1) is 17.9. The molecule has 1 aromatic heterocycles. The van der Waals surface area contributed by atoms with Crippen LogP contribution in [0.25, 0.3) is 0 Å². The first-order chi connectivity index (χ1) is 11.5. The van der Waals surface area contributed by atoms with Crippen LogP contribution in [0.15, 0.2) is 29.3 Å². The van der Waals surface area contributed by atoms with Gasteiger partial charge in [-0.05, 0) is 31.5 Å². The van der Waals surface area contributed by atoms with Gasteiger partial charge in [0, 0.05) is 31.1 Å². The number of aromatic nitrogens is 1. The van der Waals surface area contributed by atoms with Gasteiger partial charge < -0.3 is 16.0 Å². The molecule has 0 fully saturated rings. The topological polar surface area (TPSA) is 78.4 Å². The molecule has 2 aromatic rings. The molecular weight excluding hydrogens is 322 g/mol. The maximum absolute atomic E-state index is 11.7. The number of carbonyl (C=O) groups is 1. The lowest BCUT2D eigenvalue weighted by Crippen LogP contribution is -2.36. The van der Waals surface area contributed by atoms with Gasteiger partial charge in [-0.2, -0.15) is 0 Å². The Kier molecular flexibility index (Phi) is 6.31. The number of rotatable bonds is 5. The van der Waals surface area contributed by atoms with Crippen molar-refractivity contribution >= 4 is 23.2 Å². The number of nitrogens with one attached hydrogen (secondary N) is 3. The molecule has 3 N–H and O–H groups in total.